The van der Waals surface area contributed by atoms with Crippen LogP contribution in [-0.2, 0) is 6.42 Å². The summed E-state index contributed by atoms with van der Waals surface area (Å²) in [6.45, 7) is 2.03. The number of nitrogens with one attached hydrogen (secondary N) is 1. The number of aromatic nitrogens is 5. The summed E-state index contributed by atoms with van der Waals surface area (Å²) in [6.07, 6.45) is 10.2. The van der Waals surface area contributed by atoms with Gasteiger partial charge in [0.15, 0.2) is 0 Å². The number of halogens is 1. The van der Waals surface area contributed by atoms with Crippen LogP contribution in [0.25, 0.3) is 5.69 Å². The lowest BCUT2D eigenvalue weighted by molar-refractivity contribution is 0.130. The standard InChI is InChI=1S/C21H23ClN6O/c1-13-20(6-14-2-5-17(9-19(14)22)28-12-23-10-26-28)24-11-25-21(13)29-18-7-15-3-4-16(8-18)27-15/h2,5,9-12,15-16,18,27H,3-4,6-8H2,1H3. The number of nitrogens with zero attached hydrogens (tertiary/aromatic N) is 5. The van der Waals surface area contributed by atoms with Crippen molar-refractivity contribution in [3.8, 4) is 11.6 Å². The molecule has 2 atom stereocenters. The van der Waals surface area contributed by atoms with Gasteiger partial charge in [0.1, 0.15) is 25.1 Å². The summed E-state index contributed by atoms with van der Waals surface area (Å²) in [5, 5.41) is 8.47. The molecular weight excluding hydrogens is 388 g/mol. The maximum absolute atomic E-state index is 6.54. The molecule has 0 saturated carbocycles. The highest BCUT2D eigenvalue weighted by Crippen LogP contribution is 2.31. The maximum Gasteiger partial charge on any atom is 0.219 e. The molecule has 0 aliphatic carbocycles. The molecule has 1 N–H and O–H groups in total. The molecule has 2 aliphatic heterocycles. The first-order chi connectivity index (χ1) is 14.2. The molecule has 2 aliphatic rings. The topological polar surface area (TPSA) is 77.8 Å². The first kappa shape index (κ1) is 18.5. The number of hydrogen-bond donors (Lipinski definition) is 1. The van der Waals surface area contributed by atoms with E-state index in [-0.39, 0.29) is 6.10 Å². The van der Waals surface area contributed by atoms with Crippen molar-refractivity contribution in [2.24, 2.45) is 0 Å². The van der Waals surface area contributed by atoms with Gasteiger partial charge < -0.3 is 10.1 Å². The molecule has 4 heterocycles. The minimum Gasteiger partial charge on any atom is -0.474 e. The lowest BCUT2D eigenvalue weighted by Gasteiger charge is -2.29. The number of piperidine rings is 1. The van der Waals surface area contributed by atoms with Gasteiger partial charge in [-0.15, -0.1) is 0 Å². The van der Waals surface area contributed by atoms with E-state index in [0.29, 0.717) is 29.4 Å². The molecule has 29 heavy (non-hydrogen) atoms. The van der Waals surface area contributed by atoms with Gasteiger partial charge in [-0.2, -0.15) is 5.10 Å². The van der Waals surface area contributed by atoms with Crippen LogP contribution >= 0.6 is 11.6 Å². The van der Waals surface area contributed by atoms with E-state index in [2.05, 4.69) is 25.4 Å². The van der Waals surface area contributed by atoms with Crippen molar-refractivity contribution < 1.29 is 4.74 Å². The van der Waals surface area contributed by atoms with Crippen molar-refractivity contribution in [1.29, 1.82) is 0 Å². The molecule has 2 bridgehead atoms. The Morgan fingerprint density at radius 2 is 2.00 bits per heavy atom. The van der Waals surface area contributed by atoms with Crippen molar-refractivity contribution in [2.75, 3.05) is 0 Å². The van der Waals surface area contributed by atoms with Gasteiger partial charge in [-0.3, -0.25) is 0 Å². The van der Waals surface area contributed by atoms with E-state index in [1.807, 2.05) is 25.1 Å². The molecule has 2 unspecified atom stereocenters. The Balaban J connectivity index is 1.33. The Morgan fingerprint density at radius 3 is 2.72 bits per heavy atom. The van der Waals surface area contributed by atoms with Gasteiger partial charge in [0.25, 0.3) is 0 Å². The average Bonchev–Trinajstić information content (AvgIpc) is 3.36. The van der Waals surface area contributed by atoms with Gasteiger partial charge in [-0.05, 0) is 50.3 Å². The monoisotopic (exact) mass is 410 g/mol. The van der Waals surface area contributed by atoms with Crippen molar-refractivity contribution >= 4 is 11.6 Å². The van der Waals surface area contributed by atoms with Crippen LogP contribution in [0.3, 0.4) is 0 Å². The molecule has 8 heteroatoms. The maximum atomic E-state index is 6.54. The zero-order chi connectivity index (χ0) is 19.8. The molecule has 3 aromatic rings. The van der Waals surface area contributed by atoms with Crippen LogP contribution in [0.4, 0.5) is 0 Å². The average molecular weight is 411 g/mol. The molecule has 0 amide bonds. The quantitative estimate of drug-likeness (QED) is 0.695. The van der Waals surface area contributed by atoms with Gasteiger partial charge >= 0.3 is 0 Å². The number of rotatable bonds is 5. The second-order valence-electron chi connectivity index (χ2n) is 7.89. The molecule has 7 nitrogen and oxygen atoms in total. The second kappa shape index (κ2) is 7.72. The van der Waals surface area contributed by atoms with Gasteiger partial charge in [0.05, 0.1) is 11.4 Å². The number of benzene rings is 1. The zero-order valence-corrected chi connectivity index (χ0v) is 17.0. The van der Waals surface area contributed by atoms with Crippen LogP contribution in [-0.4, -0.2) is 42.9 Å². The first-order valence-electron chi connectivity index (χ1n) is 10.0. The molecule has 5 rings (SSSR count). The normalized spacial score (nSPS) is 23.3. The van der Waals surface area contributed by atoms with E-state index >= 15 is 0 Å². The minimum atomic E-state index is 0.223. The summed E-state index contributed by atoms with van der Waals surface area (Å²) in [5.74, 6) is 0.691. The molecule has 150 valence electrons. The molecule has 2 aromatic heterocycles. The van der Waals surface area contributed by atoms with Crippen molar-refractivity contribution in [3.63, 3.8) is 0 Å². The molecule has 0 spiro atoms. The fourth-order valence-electron chi connectivity index (χ4n) is 4.37. The highest BCUT2D eigenvalue weighted by atomic mass is 35.5. The van der Waals surface area contributed by atoms with Crippen molar-refractivity contribution in [2.45, 2.75) is 57.2 Å². The van der Waals surface area contributed by atoms with E-state index in [0.717, 1.165) is 35.3 Å². The number of ether oxygens (including phenoxy) is 1. The number of hydrogen-bond acceptors (Lipinski definition) is 6. The van der Waals surface area contributed by atoms with Crippen molar-refractivity contribution in [1.82, 2.24) is 30.0 Å². The molecule has 1 aromatic carbocycles. The van der Waals surface area contributed by atoms with Crippen LogP contribution in [0, 0.1) is 6.92 Å². The molecule has 2 fully saturated rings. The Kier molecular flexibility index (Phi) is 4.93. The Labute approximate surface area is 174 Å². The summed E-state index contributed by atoms with van der Waals surface area (Å²) in [6, 6.07) is 7.05. The lowest BCUT2D eigenvalue weighted by atomic mass is 10.0. The van der Waals surface area contributed by atoms with Crippen LogP contribution < -0.4 is 10.1 Å². The van der Waals surface area contributed by atoms with E-state index in [4.69, 9.17) is 16.3 Å². The van der Waals surface area contributed by atoms with Crippen LogP contribution in [0.1, 0.15) is 42.5 Å². The summed E-state index contributed by atoms with van der Waals surface area (Å²) in [7, 11) is 0. The zero-order valence-electron chi connectivity index (χ0n) is 16.3. The Morgan fingerprint density at radius 1 is 1.17 bits per heavy atom. The molecule has 0 radical (unpaired) electrons. The van der Waals surface area contributed by atoms with Gasteiger partial charge in [-0.25, -0.2) is 19.6 Å². The van der Waals surface area contributed by atoms with Crippen molar-refractivity contribution in [3.05, 3.63) is 59.0 Å². The van der Waals surface area contributed by atoms with Crippen LogP contribution in [0.2, 0.25) is 5.02 Å². The SMILES string of the molecule is Cc1c(Cc2ccc(-n3cncn3)cc2Cl)ncnc1OC1CC2CCC(C1)N2. The summed E-state index contributed by atoms with van der Waals surface area (Å²) in [5.41, 5.74) is 3.79. The van der Waals surface area contributed by atoms with Crippen LogP contribution in [0.15, 0.2) is 37.2 Å². The summed E-state index contributed by atoms with van der Waals surface area (Å²) >= 11 is 6.54. The minimum absolute atomic E-state index is 0.223. The second-order valence-corrected chi connectivity index (χ2v) is 8.30. The van der Waals surface area contributed by atoms with Gasteiger partial charge in [0, 0.05) is 29.1 Å². The lowest BCUT2D eigenvalue weighted by Crippen LogP contribution is -2.42. The first-order valence-corrected chi connectivity index (χ1v) is 10.4. The predicted octanol–water partition coefficient (Wildman–Crippen LogP) is 3.27. The third kappa shape index (κ3) is 3.84. The molecular formula is C21H23ClN6O. The Bertz CT molecular complexity index is 996. The highest BCUT2D eigenvalue weighted by molar-refractivity contribution is 6.31. The fraction of sp³-hybridized carbons (Fsp3) is 0.429. The van der Waals surface area contributed by atoms with E-state index in [1.165, 1.54) is 19.2 Å². The largest absolute Gasteiger partial charge is 0.474 e. The van der Waals surface area contributed by atoms with E-state index in [9.17, 15) is 0 Å². The fourth-order valence-corrected chi connectivity index (χ4v) is 4.61. The summed E-state index contributed by atoms with van der Waals surface area (Å²) < 4.78 is 7.99. The highest BCUT2D eigenvalue weighted by Gasteiger charge is 2.34. The van der Waals surface area contributed by atoms with Gasteiger partial charge in [-0.1, -0.05) is 17.7 Å². The summed E-state index contributed by atoms with van der Waals surface area (Å²) in [4.78, 5) is 12.9. The van der Waals surface area contributed by atoms with Gasteiger partial charge in [0.2, 0.25) is 5.88 Å². The molecule has 2 saturated heterocycles. The number of fused-ring (bicyclic) bond motifs is 2. The predicted molar refractivity (Wildman–Crippen MR) is 110 cm³/mol. The van der Waals surface area contributed by atoms with E-state index in [1.54, 1.807) is 17.3 Å². The van der Waals surface area contributed by atoms with Crippen LogP contribution in [0.5, 0.6) is 5.88 Å². The Hall–Kier alpha value is -2.51. The van der Waals surface area contributed by atoms with E-state index < -0.39 is 0 Å². The smallest absolute Gasteiger partial charge is 0.219 e. The third-order valence-corrected chi connectivity index (χ3v) is 6.28. The third-order valence-electron chi connectivity index (χ3n) is 5.93.